The van der Waals surface area contributed by atoms with E-state index in [2.05, 4.69) is 4.98 Å². The first kappa shape index (κ1) is 19.5. The Morgan fingerprint density at radius 2 is 2.00 bits per heavy atom. The lowest BCUT2D eigenvalue weighted by Crippen LogP contribution is -3.06. The number of nitrogens with two attached hydrogens (primary N) is 1. The number of nitrogens with zero attached hydrogens (tertiary/aromatic N) is 2. The number of amides is 1. The number of nitrogens with one attached hydrogen (secondary N) is 1. The fourth-order valence-electron chi connectivity index (χ4n) is 3.17. The summed E-state index contributed by atoms with van der Waals surface area (Å²) >= 11 is 0. The van der Waals surface area contributed by atoms with E-state index in [9.17, 15) is 14.0 Å². The van der Waals surface area contributed by atoms with Crippen LogP contribution in [-0.2, 0) is 24.4 Å². The molecule has 0 saturated carbocycles. The third kappa shape index (κ3) is 4.17. The highest BCUT2D eigenvalue weighted by Gasteiger charge is 2.17. The lowest BCUT2D eigenvalue weighted by Gasteiger charge is -2.17. The molecule has 7 nitrogen and oxygen atoms in total. The van der Waals surface area contributed by atoms with Gasteiger partial charge in [0.15, 0.2) is 17.4 Å². The highest BCUT2D eigenvalue weighted by Crippen LogP contribution is 2.17. The zero-order valence-corrected chi connectivity index (χ0v) is 15.7. The van der Waals surface area contributed by atoms with Crippen molar-refractivity contribution in [3.05, 3.63) is 70.0 Å². The van der Waals surface area contributed by atoms with Gasteiger partial charge in [0.05, 0.1) is 25.1 Å². The number of carbonyl (C=O) groups is 1. The molecule has 3 N–H and O–H groups in total. The monoisotopic (exact) mass is 385 g/mol. The van der Waals surface area contributed by atoms with Gasteiger partial charge in [0.25, 0.3) is 5.56 Å². The number of fused-ring (bicyclic) bond motifs is 1. The van der Waals surface area contributed by atoms with Crippen LogP contribution in [0.5, 0.6) is 5.75 Å². The van der Waals surface area contributed by atoms with Crippen molar-refractivity contribution in [2.24, 2.45) is 5.73 Å². The smallest absolute Gasteiger partial charge is 0.262 e. The molecule has 28 heavy (non-hydrogen) atoms. The van der Waals surface area contributed by atoms with Gasteiger partial charge in [-0.25, -0.2) is 9.37 Å². The third-order valence-electron chi connectivity index (χ3n) is 4.44. The first-order chi connectivity index (χ1) is 13.4. The topological polar surface area (TPSA) is 91.7 Å². The maximum atomic E-state index is 13.9. The second kappa shape index (κ2) is 8.18. The van der Waals surface area contributed by atoms with Crippen molar-refractivity contribution in [1.29, 1.82) is 0 Å². The van der Waals surface area contributed by atoms with E-state index in [0.29, 0.717) is 29.8 Å². The number of aromatic nitrogens is 2. The Hall–Kier alpha value is -3.26. The van der Waals surface area contributed by atoms with Crippen LogP contribution in [-0.4, -0.2) is 29.6 Å². The normalized spacial score (nSPS) is 12.1. The quantitative estimate of drug-likeness (QED) is 0.610. The van der Waals surface area contributed by atoms with E-state index in [1.807, 2.05) is 7.05 Å². The highest BCUT2D eigenvalue weighted by atomic mass is 19.1. The van der Waals surface area contributed by atoms with Gasteiger partial charge in [-0.15, -0.1) is 0 Å². The summed E-state index contributed by atoms with van der Waals surface area (Å²) in [6.07, 6.45) is 0. The van der Waals surface area contributed by atoms with E-state index in [4.69, 9.17) is 10.5 Å². The summed E-state index contributed by atoms with van der Waals surface area (Å²) < 4.78 is 20.2. The minimum atomic E-state index is -0.615. The molecule has 1 unspecified atom stereocenters. The van der Waals surface area contributed by atoms with Gasteiger partial charge in [-0.1, -0.05) is 12.1 Å². The van der Waals surface area contributed by atoms with Crippen molar-refractivity contribution in [2.75, 3.05) is 14.2 Å². The summed E-state index contributed by atoms with van der Waals surface area (Å²) in [6.45, 7) is 0.623. The van der Waals surface area contributed by atoms with Crippen LogP contribution in [0.25, 0.3) is 10.9 Å². The van der Waals surface area contributed by atoms with Crippen molar-refractivity contribution in [3.8, 4) is 5.75 Å². The summed E-state index contributed by atoms with van der Waals surface area (Å²) in [5.74, 6) is -0.403. The lowest BCUT2D eigenvalue weighted by atomic mass is 10.2. The number of para-hydroxylation sites is 1. The molecule has 0 radical (unpaired) electrons. The van der Waals surface area contributed by atoms with Crippen molar-refractivity contribution in [3.63, 3.8) is 0 Å². The molecule has 0 aliphatic carbocycles. The van der Waals surface area contributed by atoms with E-state index in [1.54, 1.807) is 36.4 Å². The van der Waals surface area contributed by atoms with E-state index in [1.165, 1.54) is 17.7 Å². The number of primary amides is 1. The number of ether oxygens (including phenoxy) is 1. The molecule has 0 aliphatic rings. The van der Waals surface area contributed by atoms with Crippen molar-refractivity contribution in [2.45, 2.75) is 19.6 Å². The molecular formula is C20H22FN4O3+. The summed E-state index contributed by atoms with van der Waals surface area (Å²) in [4.78, 5) is 29.8. The minimum Gasteiger partial charge on any atom is -0.494 e. The van der Waals surface area contributed by atoms with E-state index in [-0.39, 0.29) is 17.9 Å². The molecule has 2 aromatic carbocycles. The van der Waals surface area contributed by atoms with Crippen LogP contribution in [0.2, 0.25) is 0 Å². The summed E-state index contributed by atoms with van der Waals surface area (Å²) in [7, 11) is 3.32. The van der Waals surface area contributed by atoms with Crippen molar-refractivity contribution >= 4 is 16.8 Å². The van der Waals surface area contributed by atoms with Gasteiger partial charge in [0, 0.05) is 5.56 Å². The average molecular weight is 385 g/mol. The number of quaternary nitrogens is 1. The van der Waals surface area contributed by atoms with Crippen LogP contribution in [0, 0.1) is 5.82 Å². The van der Waals surface area contributed by atoms with Crippen LogP contribution >= 0.6 is 0 Å². The maximum absolute atomic E-state index is 13.9. The molecule has 1 heterocycles. The Morgan fingerprint density at radius 3 is 2.68 bits per heavy atom. The summed E-state index contributed by atoms with van der Waals surface area (Å²) in [5.41, 5.74) is 6.35. The molecule has 0 fully saturated rings. The zero-order valence-electron chi connectivity index (χ0n) is 15.7. The standard InChI is InChI=1S/C20H21FN4O3/c1-24(10-13-7-8-17(28-2)15(21)9-13)12-19-23-16-6-4-3-5-14(16)20(27)25(19)11-18(22)26/h3-9H,10-12H2,1-2H3,(H2,22,26)/p+1. The molecule has 0 spiro atoms. The van der Waals surface area contributed by atoms with E-state index >= 15 is 0 Å². The number of carbonyl (C=O) groups excluding carboxylic acids is 1. The second-order valence-corrected chi connectivity index (χ2v) is 6.68. The molecule has 3 aromatic rings. The van der Waals surface area contributed by atoms with Crippen LogP contribution in [0.15, 0.2) is 47.3 Å². The zero-order chi connectivity index (χ0) is 20.3. The molecule has 3 rings (SSSR count). The predicted molar refractivity (Wildman–Crippen MR) is 102 cm³/mol. The number of halogens is 1. The van der Waals surface area contributed by atoms with Crippen molar-refractivity contribution in [1.82, 2.24) is 9.55 Å². The maximum Gasteiger partial charge on any atom is 0.262 e. The first-order valence-electron chi connectivity index (χ1n) is 8.79. The predicted octanol–water partition coefficient (Wildman–Crippen LogP) is 0.244. The average Bonchev–Trinajstić information content (AvgIpc) is 2.65. The van der Waals surface area contributed by atoms with Gasteiger partial charge in [-0.3, -0.25) is 14.2 Å². The Labute approximate surface area is 161 Å². The Bertz CT molecular complexity index is 1080. The van der Waals surface area contributed by atoms with E-state index < -0.39 is 11.7 Å². The van der Waals surface area contributed by atoms with Crippen LogP contribution < -0.4 is 20.9 Å². The van der Waals surface area contributed by atoms with Gasteiger partial charge in [-0.05, 0) is 30.3 Å². The number of benzene rings is 2. The van der Waals surface area contributed by atoms with Gasteiger partial charge in [-0.2, -0.15) is 0 Å². The molecule has 8 heteroatoms. The fraction of sp³-hybridized carbons (Fsp3) is 0.250. The first-order valence-corrected chi connectivity index (χ1v) is 8.79. The van der Waals surface area contributed by atoms with Gasteiger partial charge in [0.2, 0.25) is 5.91 Å². The largest absolute Gasteiger partial charge is 0.494 e. The SMILES string of the molecule is COc1ccc(C[NH+](C)Cc2nc3ccccc3c(=O)n2CC(N)=O)cc1F. The Balaban J connectivity index is 1.90. The second-order valence-electron chi connectivity index (χ2n) is 6.68. The van der Waals surface area contributed by atoms with Gasteiger partial charge in [0.1, 0.15) is 19.6 Å². The van der Waals surface area contributed by atoms with Gasteiger partial charge < -0.3 is 15.4 Å². The molecule has 0 bridgehead atoms. The minimum absolute atomic E-state index is 0.188. The summed E-state index contributed by atoms with van der Waals surface area (Å²) in [5, 5.41) is 0.433. The molecule has 146 valence electrons. The third-order valence-corrected chi connectivity index (χ3v) is 4.44. The molecule has 1 atom stereocenters. The fourth-order valence-corrected chi connectivity index (χ4v) is 3.17. The number of hydrogen-bond acceptors (Lipinski definition) is 4. The molecule has 0 aliphatic heterocycles. The number of hydrogen-bond donors (Lipinski definition) is 2. The Kier molecular flexibility index (Phi) is 5.70. The molecular weight excluding hydrogens is 363 g/mol. The Morgan fingerprint density at radius 1 is 1.25 bits per heavy atom. The highest BCUT2D eigenvalue weighted by molar-refractivity contribution is 5.78. The van der Waals surface area contributed by atoms with Gasteiger partial charge >= 0.3 is 0 Å². The van der Waals surface area contributed by atoms with Crippen LogP contribution in [0.1, 0.15) is 11.4 Å². The number of rotatable bonds is 7. The molecule has 1 aromatic heterocycles. The molecule has 1 amide bonds. The number of methoxy groups -OCH3 is 1. The summed E-state index contributed by atoms with van der Waals surface area (Å²) in [6, 6.07) is 11.8. The van der Waals surface area contributed by atoms with Crippen LogP contribution in [0.3, 0.4) is 0 Å². The lowest BCUT2D eigenvalue weighted by molar-refractivity contribution is -0.908. The van der Waals surface area contributed by atoms with Crippen molar-refractivity contribution < 1.29 is 18.8 Å². The van der Waals surface area contributed by atoms with E-state index in [0.717, 1.165) is 10.5 Å². The van der Waals surface area contributed by atoms with Crippen LogP contribution in [0.4, 0.5) is 4.39 Å². The molecule has 0 saturated heterocycles.